The van der Waals surface area contributed by atoms with Gasteiger partial charge >= 0.3 is 0 Å². The third-order valence-electron chi connectivity index (χ3n) is 9.88. The normalized spacial score (nSPS) is 22.9. The Labute approximate surface area is 241 Å². The standard InChI is InChI=1S/C35H38N6/c1-21-13-29(36-17-21)33-38-19-31(40-33)24-7-5-23(6-8-24)25-9-10-26(28-16-35(15-27(25)28)11-3-4-12-35)32-20-39-34(41-32)30-14-22(2)18-37-30/h5-10,13-14,19-20,29-30,36-37H,3-4,11-12,15-18H2,1-2H3,(H,38,40)(H,39,41). The third kappa shape index (κ3) is 4.41. The number of benzene rings is 2. The van der Waals surface area contributed by atoms with Crippen molar-refractivity contribution < 1.29 is 0 Å². The van der Waals surface area contributed by atoms with Gasteiger partial charge in [-0.15, -0.1) is 0 Å². The van der Waals surface area contributed by atoms with Gasteiger partial charge in [0.15, 0.2) is 0 Å². The Kier molecular flexibility index (Phi) is 5.90. The van der Waals surface area contributed by atoms with E-state index in [1.54, 1.807) is 5.56 Å². The third-order valence-corrected chi connectivity index (χ3v) is 9.88. The van der Waals surface area contributed by atoms with Crippen LogP contribution in [0.4, 0.5) is 0 Å². The van der Waals surface area contributed by atoms with Gasteiger partial charge < -0.3 is 20.6 Å². The number of aromatic nitrogens is 4. The Bertz CT molecular complexity index is 1680. The number of aromatic amines is 2. The summed E-state index contributed by atoms with van der Waals surface area (Å²) < 4.78 is 0. The van der Waals surface area contributed by atoms with E-state index in [0.717, 1.165) is 36.1 Å². The summed E-state index contributed by atoms with van der Waals surface area (Å²) in [5, 5.41) is 7.04. The molecule has 6 nitrogen and oxygen atoms in total. The molecule has 1 spiro atoms. The number of fused-ring (bicyclic) bond motifs is 1. The maximum atomic E-state index is 4.80. The number of nitrogens with one attached hydrogen (secondary N) is 4. The van der Waals surface area contributed by atoms with Crippen molar-refractivity contribution in [3.05, 3.63) is 94.9 Å². The molecule has 2 atom stereocenters. The van der Waals surface area contributed by atoms with Crippen LogP contribution in [0.1, 0.15) is 74.4 Å². The van der Waals surface area contributed by atoms with Crippen LogP contribution in [0.15, 0.2) is 72.1 Å². The van der Waals surface area contributed by atoms with Gasteiger partial charge in [-0.05, 0) is 72.8 Å². The molecule has 2 aromatic carbocycles. The van der Waals surface area contributed by atoms with Gasteiger partial charge in [-0.1, -0.05) is 72.5 Å². The highest BCUT2D eigenvalue weighted by Crippen LogP contribution is 2.53. The van der Waals surface area contributed by atoms with Gasteiger partial charge in [0.2, 0.25) is 0 Å². The van der Waals surface area contributed by atoms with Crippen molar-refractivity contribution in [2.45, 2.75) is 64.5 Å². The Hall–Kier alpha value is -3.74. The van der Waals surface area contributed by atoms with E-state index >= 15 is 0 Å². The van der Waals surface area contributed by atoms with Gasteiger partial charge in [-0.25, -0.2) is 9.97 Å². The van der Waals surface area contributed by atoms with Crippen LogP contribution in [-0.2, 0) is 12.8 Å². The summed E-state index contributed by atoms with van der Waals surface area (Å²) in [5.74, 6) is 1.99. The van der Waals surface area contributed by atoms with Crippen molar-refractivity contribution in [2.24, 2.45) is 5.41 Å². The van der Waals surface area contributed by atoms with Crippen molar-refractivity contribution in [1.82, 2.24) is 30.6 Å². The molecule has 2 unspecified atom stereocenters. The highest BCUT2D eigenvalue weighted by molar-refractivity contribution is 5.78. The number of hydrogen-bond donors (Lipinski definition) is 4. The zero-order valence-electron chi connectivity index (χ0n) is 24.0. The Balaban J connectivity index is 1.12. The van der Waals surface area contributed by atoms with Gasteiger partial charge in [-0.2, -0.15) is 0 Å². The minimum absolute atomic E-state index is 0.174. The summed E-state index contributed by atoms with van der Waals surface area (Å²) in [6, 6.07) is 14.1. The monoisotopic (exact) mass is 542 g/mol. The summed E-state index contributed by atoms with van der Waals surface area (Å²) in [6.45, 7) is 6.19. The number of nitrogens with zero attached hydrogens (tertiary/aromatic N) is 2. The maximum Gasteiger partial charge on any atom is 0.127 e. The van der Waals surface area contributed by atoms with E-state index < -0.39 is 0 Å². The van der Waals surface area contributed by atoms with E-state index in [0.29, 0.717) is 5.41 Å². The first-order valence-electron chi connectivity index (χ1n) is 15.2. The van der Waals surface area contributed by atoms with Gasteiger partial charge in [0.05, 0.1) is 35.9 Å². The number of rotatable bonds is 5. The quantitative estimate of drug-likeness (QED) is 0.205. The highest BCUT2D eigenvalue weighted by atomic mass is 15.0. The zero-order chi connectivity index (χ0) is 27.6. The molecular formula is C35H38N6. The molecule has 0 radical (unpaired) electrons. The molecule has 208 valence electrons. The van der Waals surface area contributed by atoms with E-state index in [-0.39, 0.29) is 12.1 Å². The second-order valence-corrected chi connectivity index (χ2v) is 12.9. The molecule has 4 aromatic rings. The zero-order valence-corrected chi connectivity index (χ0v) is 24.0. The molecule has 8 rings (SSSR count). The molecule has 4 N–H and O–H groups in total. The predicted molar refractivity (Wildman–Crippen MR) is 164 cm³/mol. The van der Waals surface area contributed by atoms with Crippen LogP contribution in [-0.4, -0.2) is 33.0 Å². The second-order valence-electron chi connectivity index (χ2n) is 12.9. The van der Waals surface area contributed by atoms with E-state index in [9.17, 15) is 0 Å². The first-order chi connectivity index (χ1) is 20.0. The fourth-order valence-electron chi connectivity index (χ4n) is 7.71. The molecule has 1 saturated carbocycles. The molecule has 4 aliphatic rings. The molecule has 0 bridgehead atoms. The van der Waals surface area contributed by atoms with E-state index in [4.69, 9.17) is 4.98 Å². The van der Waals surface area contributed by atoms with Crippen molar-refractivity contribution in [3.8, 4) is 33.6 Å². The predicted octanol–water partition coefficient (Wildman–Crippen LogP) is 6.97. The summed E-state index contributed by atoms with van der Waals surface area (Å²) >= 11 is 0. The SMILES string of the molecule is CC1=CC(c2ncc(-c3ccc(-c4ccc(-c5cnc(C6C=C(C)CN6)[nH]5)c5c4CC4(CCCC4)C5)cc3)[nH]2)NC1. The van der Waals surface area contributed by atoms with Crippen LogP contribution >= 0.6 is 0 Å². The lowest BCUT2D eigenvalue weighted by Gasteiger charge is -2.22. The van der Waals surface area contributed by atoms with Gasteiger partial charge in [-0.3, -0.25) is 0 Å². The molecule has 0 saturated heterocycles. The second kappa shape index (κ2) is 9.68. The molecule has 1 fully saturated rings. The summed E-state index contributed by atoms with van der Waals surface area (Å²) in [5.41, 5.74) is 13.6. The van der Waals surface area contributed by atoms with Crippen LogP contribution in [0.5, 0.6) is 0 Å². The largest absolute Gasteiger partial charge is 0.340 e. The Morgan fingerprint density at radius 2 is 1.20 bits per heavy atom. The van der Waals surface area contributed by atoms with Crippen molar-refractivity contribution in [1.29, 1.82) is 0 Å². The average molecular weight is 543 g/mol. The highest BCUT2D eigenvalue weighted by Gasteiger charge is 2.41. The van der Waals surface area contributed by atoms with E-state index in [1.165, 1.54) is 77.5 Å². The number of imidazole rings is 2. The number of H-pyrrole nitrogens is 2. The fourth-order valence-corrected chi connectivity index (χ4v) is 7.71. The van der Waals surface area contributed by atoms with E-state index in [2.05, 4.69) is 88.0 Å². The smallest absolute Gasteiger partial charge is 0.127 e. The van der Waals surface area contributed by atoms with E-state index in [1.807, 2.05) is 12.4 Å². The lowest BCUT2D eigenvalue weighted by Crippen LogP contribution is -2.16. The van der Waals surface area contributed by atoms with Crippen molar-refractivity contribution in [3.63, 3.8) is 0 Å². The molecular weight excluding hydrogens is 504 g/mol. The molecule has 2 aromatic heterocycles. The first kappa shape index (κ1) is 25.0. The van der Waals surface area contributed by atoms with Gasteiger partial charge in [0.1, 0.15) is 11.6 Å². The minimum atomic E-state index is 0.174. The average Bonchev–Trinajstić information content (AvgIpc) is 3.82. The molecule has 41 heavy (non-hydrogen) atoms. The molecule has 6 heteroatoms. The minimum Gasteiger partial charge on any atom is -0.340 e. The molecule has 2 aliphatic carbocycles. The summed E-state index contributed by atoms with van der Waals surface area (Å²) in [4.78, 5) is 16.7. The summed E-state index contributed by atoms with van der Waals surface area (Å²) in [7, 11) is 0. The van der Waals surface area contributed by atoms with Crippen molar-refractivity contribution >= 4 is 0 Å². The van der Waals surface area contributed by atoms with Gasteiger partial charge in [0, 0.05) is 18.7 Å². The Morgan fingerprint density at radius 3 is 1.80 bits per heavy atom. The lowest BCUT2D eigenvalue weighted by atomic mass is 9.82. The van der Waals surface area contributed by atoms with Gasteiger partial charge in [0.25, 0.3) is 0 Å². The van der Waals surface area contributed by atoms with Crippen LogP contribution in [0.3, 0.4) is 0 Å². The maximum absolute atomic E-state index is 4.80. The molecule has 4 heterocycles. The van der Waals surface area contributed by atoms with Crippen molar-refractivity contribution in [2.75, 3.05) is 13.1 Å². The topological polar surface area (TPSA) is 81.4 Å². The fraction of sp³-hybridized carbons (Fsp3) is 0.371. The summed E-state index contributed by atoms with van der Waals surface area (Å²) in [6.07, 6.45) is 16.3. The molecule has 2 aliphatic heterocycles. The lowest BCUT2D eigenvalue weighted by molar-refractivity contribution is 0.318. The molecule has 0 amide bonds. The Morgan fingerprint density at radius 1 is 0.659 bits per heavy atom. The first-order valence-corrected chi connectivity index (χ1v) is 15.2. The van der Waals surface area contributed by atoms with Crippen LogP contribution < -0.4 is 10.6 Å². The van der Waals surface area contributed by atoms with Crippen LogP contribution in [0.2, 0.25) is 0 Å². The van der Waals surface area contributed by atoms with Crippen LogP contribution in [0.25, 0.3) is 33.6 Å². The number of hydrogen-bond acceptors (Lipinski definition) is 4. The van der Waals surface area contributed by atoms with Crippen LogP contribution in [0, 0.1) is 5.41 Å².